The molecule has 2 amide bonds. The first kappa shape index (κ1) is 22.9. The van der Waals surface area contributed by atoms with Crippen LogP contribution in [0.25, 0.3) is 11.3 Å². The van der Waals surface area contributed by atoms with E-state index in [-0.39, 0.29) is 23.6 Å². The highest BCUT2D eigenvalue weighted by Crippen LogP contribution is 2.27. The molecule has 2 aromatic carbocycles. The number of rotatable bonds is 6. The molecule has 0 saturated carbocycles. The van der Waals surface area contributed by atoms with Crippen LogP contribution in [0.15, 0.2) is 73.2 Å². The van der Waals surface area contributed by atoms with Crippen LogP contribution in [0.2, 0.25) is 0 Å². The van der Waals surface area contributed by atoms with Crippen LogP contribution in [-0.4, -0.2) is 25.8 Å². The van der Waals surface area contributed by atoms with Gasteiger partial charge in [0.05, 0.1) is 17.4 Å². The average Bonchev–Trinajstić information content (AvgIpc) is 3.25. The topological polar surface area (TPSA) is 94.0 Å². The summed E-state index contributed by atoms with van der Waals surface area (Å²) < 4.78 is 21.5. The van der Waals surface area contributed by atoms with Crippen molar-refractivity contribution in [1.82, 2.24) is 19.7 Å². The Balaban J connectivity index is 1.49. The first-order chi connectivity index (χ1) is 16.3. The van der Waals surface area contributed by atoms with Crippen LogP contribution in [0.5, 0.6) is 5.88 Å². The van der Waals surface area contributed by atoms with Crippen molar-refractivity contribution in [1.29, 1.82) is 0 Å². The zero-order valence-corrected chi connectivity index (χ0v) is 19.1. The number of anilines is 2. The lowest BCUT2D eigenvalue weighted by Crippen LogP contribution is -2.28. The Hall–Kier alpha value is -4.27. The Morgan fingerprint density at radius 1 is 1.06 bits per heavy atom. The summed E-state index contributed by atoms with van der Waals surface area (Å²) in [5.41, 5.74) is 2.02. The Morgan fingerprint density at radius 3 is 2.56 bits per heavy atom. The molecule has 2 heterocycles. The van der Waals surface area contributed by atoms with E-state index in [0.717, 1.165) is 11.3 Å². The second-order valence-electron chi connectivity index (χ2n) is 8.58. The van der Waals surface area contributed by atoms with E-state index in [1.54, 1.807) is 4.68 Å². The second-order valence-corrected chi connectivity index (χ2v) is 8.58. The van der Waals surface area contributed by atoms with Crippen molar-refractivity contribution < 1.29 is 13.9 Å². The minimum atomic E-state index is -0.475. The van der Waals surface area contributed by atoms with Crippen LogP contribution in [0.4, 0.5) is 20.7 Å². The third-order valence-corrected chi connectivity index (χ3v) is 4.87. The van der Waals surface area contributed by atoms with Crippen LogP contribution in [-0.2, 0) is 12.1 Å². The van der Waals surface area contributed by atoms with Crippen LogP contribution in [0.3, 0.4) is 0 Å². The molecule has 8 nitrogen and oxygen atoms in total. The molecule has 0 fully saturated rings. The second kappa shape index (κ2) is 9.70. The number of benzene rings is 2. The van der Waals surface area contributed by atoms with E-state index in [2.05, 4.69) is 25.7 Å². The number of halogens is 1. The number of nitrogens with one attached hydrogen (secondary N) is 2. The van der Waals surface area contributed by atoms with Gasteiger partial charge in [0.25, 0.3) is 0 Å². The van der Waals surface area contributed by atoms with Gasteiger partial charge in [0.1, 0.15) is 18.2 Å². The van der Waals surface area contributed by atoms with E-state index in [1.165, 1.54) is 36.8 Å². The van der Waals surface area contributed by atoms with Crippen molar-refractivity contribution in [3.8, 4) is 17.1 Å². The summed E-state index contributed by atoms with van der Waals surface area (Å²) in [5, 5.41) is 10.3. The number of urea groups is 1. The van der Waals surface area contributed by atoms with Crippen molar-refractivity contribution in [2.45, 2.75) is 32.9 Å². The molecule has 0 aliphatic carbocycles. The molecule has 4 rings (SSSR count). The number of aromatic nitrogens is 4. The summed E-state index contributed by atoms with van der Waals surface area (Å²) in [5.74, 6) is 0.369. The zero-order chi connectivity index (χ0) is 24.1. The zero-order valence-electron chi connectivity index (χ0n) is 19.1. The molecule has 34 heavy (non-hydrogen) atoms. The molecule has 0 unspecified atom stereocenters. The number of ether oxygens (including phenoxy) is 1. The predicted molar refractivity (Wildman–Crippen MR) is 128 cm³/mol. The summed E-state index contributed by atoms with van der Waals surface area (Å²) in [6.45, 7) is 5.95. The minimum Gasteiger partial charge on any atom is -0.472 e. The standard InChI is InChI=1S/C25H25FN6O2/c1-25(2,3)32-22(14-21(31-32)17-7-5-4-6-8-17)30-24(33)29-19-9-10-20(26)18(13-19)16-34-23-15-27-11-12-28-23/h4-15H,16H2,1-3H3,(H2,29,30,33). The average molecular weight is 461 g/mol. The van der Waals surface area contributed by atoms with E-state index in [9.17, 15) is 9.18 Å². The highest BCUT2D eigenvalue weighted by molar-refractivity contribution is 5.99. The SMILES string of the molecule is CC(C)(C)n1nc(-c2ccccc2)cc1NC(=O)Nc1ccc(F)c(COc2cnccn2)c1. The molecule has 0 spiro atoms. The highest BCUT2D eigenvalue weighted by atomic mass is 19.1. The van der Waals surface area contributed by atoms with Crippen molar-refractivity contribution in [2.24, 2.45) is 0 Å². The van der Waals surface area contributed by atoms with Gasteiger partial charge in [0, 0.05) is 35.3 Å². The van der Waals surface area contributed by atoms with Gasteiger partial charge >= 0.3 is 6.03 Å². The molecule has 9 heteroatoms. The van der Waals surface area contributed by atoms with Gasteiger partial charge in [-0.2, -0.15) is 5.10 Å². The quantitative estimate of drug-likeness (QED) is 0.399. The molecule has 4 aromatic rings. The van der Waals surface area contributed by atoms with Crippen LogP contribution < -0.4 is 15.4 Å². The lowest BCUT2D eigenvalue weighted by atomic mass is 10.1. The molecule has 2 N–H and O–H groups in total. The van der Waals surface area contributed by atoms with Crippen molar-refractivity contribution in [3.05, 3.63) is 84.6 Å². The number of hydrogen-bond acceptors (Lipinski definition) is 5. The Morgan fingerprint density at radius 2 is 1.85 bits per heavy atom. The number of carbonyl (C=O) groups excluding carboxylic acids is 1. The van der Waals surface area contributed by atoms with Gasteiger partial charge in [-0.25, -0.2) is 18.9 Å². The van der Waals surface area contributed by atoms with Crippen molar-refractivity contribution in [3.63, 3.8) is 0 Å². The predicted octanol–water partition coefficient (Wildman–Crippen LogP) is 5.46. The molecule has 0 bridgehead atoms. The molecule has 0 aliphatic heterocycles. The first-order valence-electron chi connectivity index (χ1n) is 10.7. The Labute approximate surface area is 196 Å². The summed E-state index contributed by atoms with van der Waals surface area (Å²) in [6.07, 6.45) is 4.44. The fourth-order valence-electron chi connectivity index (χ4n) is 3.28. The number of nitrogens with zero attached hydrogens (tertiary/aromatic N) is 4. The van der Waals surface area contributed by atoms with E-state index in [4.69, 9.17) is 4.74 Å². The fraction of sp³-hybridized carbons (Fsp3) is 0.200. The van der Waals surface area contributed by atoms with Gasteiger partial charge in [0.2, 0.25) is 5.88 Å². The van der Waals surface area contributed by atoms with E-state index >= 15 is 0 Å². The summed E-state index contributed by atoms with van der Waals surface area (Å²) in [6, 6.07) is 15.4. The number of hydrogen-bond donors (Lipinski definition) is 2. The van der Waals surface area contributed by atoms with Crippen LogP contribution in [0.1, 0.15) is 26.3 Å². The van der Waals surface area contributed by atoms with Gasteiger partial charge in [-0.15, -0.1) is 0 Å². The van der Waals surface area contributed by atoms with Crippen LogP contribution >= 0.6 is 0 Å². The maximum Gasteiger partial charge on any atom is 0.324 e. The molecule has 174 valence electrons. The fourth-order valence-corrected chi connectivity index (χ4v) is 3.28. The van der Waals surface area contributed by atoms with Gasteiger partial charge in [-0.1, -0.05) is 30.3 Å². The summed E-state index contributed by atoms with van der Waals surface area (Å²) >= 11 is 0. The highest BCUT2D eigenvalue weighted by Gasteiger charge is 2.21. The number of carbonyl (C=O) groups is 1. The summed E-state index contributed by atoms with van der Waals surface area (Å²) in [7, 11) is 0. The molecule has 0 saturated heterocycles. The minimum absolute atomic E-state index is 0.0567. The molecule has 0 atom stereocenters. The Kier molecular flexibility index (Phi) is 6.53. The molecule has 0 aliphatic rings. The van der Waals surface area contributed by atoms with Gasteiger partial charge in [-0.05, 0) is 39.0 Å². The van der Waals surface area contributed by atoms with Crippen molar-refractivity contribution in [2.75, 3.05) is 10.6 Å². The number of amides is 2. The smallest absolute Gasteiger partial charge is 0.324 e. The van der Waals surface area contributed by atoms with Gasteiger partial charge < -0.3 is 10.1 Å². The van der Waals surface area contributed by atoms with Gasteiger partial charge in [0.15, 0.2) is 0 Å². The molecule has 2 aromatic heterocycles. The normalized spacial score (nSPS) is 11.2. The maximum absolute atomic E-state index is 14.2. The van der Waals surface area contributed by atoms with Crippen LogP contribution in [0, 0.1) is 5.82 Å². The lowest BCUT2D eigenvalue weighted by molar-refractivity contribution is 0.261. The van der Waals surface area contributed by atoms with E-state index in [0.29, 0.717) is 11.5 Å². The molecular formula is C25H25FN6O2. The summed E-state index contributed by atoms with van der Waals surface area (Å²) in [4.78, 5) is 20.7. The molecule has 0 radical (unpaired) electrons. The van der Waals surface area contributed by atoms with Crippen molar-refractivity contribution >= 4 is 17.5 Å². The third-order valence-electron chi connectivity index (χ3n) is 4.87. The lowest BCUT2D eigenvalue weighted by Gasteiger charge is -2.22. The largest absolute Gasteiger partial charge is 0.472 e. The Bertz CT molecular complexity index is 1270. The third kappa shape index (κ3) is 5.55. The van der Waals surface area contributed by atoms with Gasteiger partial charge in [-0.3, -0.25) is 10.3 Å². The van der Waals surface area contributed by atoms with E-state index in [1.807, 2.05) is 57.2 Å². The first-order valence-corrected chi connectivity index (χ1v) is 10.7. The molecular weight excluding hydrogens is 435 g/mol. The maximum atomic E-state index is 14.2. The monoisotopic (exact) mass is 460 g/mol. The van der Waals surface area contributed by atoms with E-state index < -0.39 is 11.8 Å².